The number of hydrogen-bond donors (Lipinski definition) is 1. The molecule has 1 aliphatic heterocycles. The van der Waals surface area contributed by atoms with Crippen LogP contribution in [0.5, 0.6) is 0 Å². The van der Waals surface area contributed by atoms with Crippen LogP contribution in [0.1, 0.15) is 19.3 Å². The van der Waals surface area contributed by atoms with Crippen molar-refractivity contribution in [2.75, 3.05) is 25.2 Å². The Kier molecular flexibility index (Phi) is 2.09. The summed E-state index contributed by atoms with van der Waals surface area (Å²) in [6.07, 6.45) is 3.18. The third-order valence-electron chi connectivity index (χ3n) is 4.35. The lowest BCUT2D eigenvalue weighted by Gasteiger charge is -2.71. The third kappa shape index (κ3) is 1.21. The van der Waals surface area contributed by atoms with E-state index in [0.717, 1.165) is 25.8 Å². The van der Waals surface area contributed by atoms with Gasteiger partial charge in [-0.3, -0.25) is 4.79 Å². The van der Waals surface area contributed by atoms with Crippen molar-refractivity contribution in [1.29, 1.82) is 0 Å². The van der Waals surface area contributed by atoms with Crippen molar-refractivity contribution in [2.45, 2.75) is 25.3 Å². The average molecular weight is 227 g/mol. The Bertz CT molecular complexity index is 279. The number of esters is 1. The zero-order chi connectivity index (χ0) is 10.5. The van der Waals surface area contributed by atoms with Gasteiger partial charge in [-0.05, 0) is 24.7 Å². The molecule has 4 heteroatoms. The Labute approximate surface area is 94.3 Å². The molecule has 1 heterocycles. The van der Waals surface area contributed by atoms with Gasteiger partial charge in [-0.2, -0.15) is 11.8 Å². The van der Waals surface area contributed by atoms with E-state index in [1.54, 1.807) is 0 Å². The molecule has 4 aliphatic rings. The number of rotatable bonds is 2. The number of carbonyl (C=O) groups excluding carboxylic acids is 1. The van der Waals surface area contributed by atoms with Gasteiger partial charge in [-0.1, -0.05) is 0 Å². The Morgan fingerprint density at radius 1 is 1.47 bits per heavy atom. The molecule has 84 valence electrons. The summed E-state index contributed by atoms with van der Waals surface area (Å²) in [7, 11) is 1.50. The van der Waals surface area contributed by atoms with Crippen molar-refractivity contribution in [2.24, 2.45) is 10.8 Å². The summed E-state index contributed by atoms with van der Waals surface area (Å²) in [4.78, 5) is 11.5. The largest absolute Gasteiger partial charge is 0.469 e. The molecule has 3 saturated carbocycles. The fourth-order valence-electron chi connectivity index (χ4n) is 3.63. The highest BCUT2D eigenvalue weighted by Gasteiger charge is 2.74. The van der Waals surface area contributed by atoms with E-state index in [2.05, 4.69) is 5.32 Å². The number of ether oxygens (including phenoxy) is 1. The van der Waals surface area contributed by atoms with E-state index in [9.17, 15) is 4.79 Å². The highest BCUT2D eigenvalue weighted by atomic mass is 32.2. The van der Waals surface area contributed by atoms with E-state index in [-0.39, 0.29) is 11.4 Å². The third-order valence-corrected chi connectivity index (χ3v) is 5.41. The molecule has 1 saturated heterocycles. The summed E-state index contributed by atoms with van der Waals surface area (Å²) in [5.41, 5.74) is 0.375. The first kappa shape index (κ1) is 9.97. The van der Waals surface area contributed by atoms with Crippen molar-refractivity contribution < 1.29 is 9.53 Å². The summed E-state index contributed by atoms with van der Waals surface area (Å²) < 4.78 is 4.86. The van der Waals surface area contributed by atoms with Gasteiger partial charge < -0.3 is 10.1 Å². The van der Waals surface area contributed by atoms with Crippen LogP contribution >= 0.6 is 11.8 Å². The van der Waals surface area contributed by atoms with Crippen molar-refractivity contribution >= 4 is 17.7 Å². The minimum absolute atomic E-state index is 0.0211. The quantitative estimate of drug-likeness (QED) is 0.715. The summed E-state index contributed by atoms with van der Waals surface area (Å²) in [6, 6.07) is 0.641. The maximum absolute atomic E-state index is 11.5. The molecule has 1 unspecified atom stereocenters. The highest BCUT2D eigenvalue weighted by molar-refractivity contribution is 7.99. The van der Waals surface area contributed by atoms with Crippen molar-refractivity contribution in [3.05, 3.63) is 0 Å². The Balaban J connectivity index is 1.62. The lowest BCUT2D eigenvalue weighted by atomic mass is 9.33. The van der Waals surface area contributed by atoms with Gasteiger partial charge in [-0.15, -0.1) is 0 Å². The first-order valence-corrected chi connectivity index (χ1v) is 6.76. The Hall–Kier alpha value is -0.220. The van der Waals surface area contributed by atoms with Gasteiger partial charge in [0.05, 0.1) is 12.5 Å². The zero-order valence-corrected chi connectivity index (χ0v) is 9.86. The van der Waals surface area contributed by atoms with E-state index < -0.39 is 0 Å². The van der Waals surface area contributed by atoms with E-state index in [1.165, 1.54) is 18.6 Å². The molecule has 2 bridgehead atoms. The minimum atomic E-state index is -0.0709. The predicted octanol–water partition coefficient (Wildman–Crippen LogP) is 1.03. The van der Waals surface area contributed by atoms with Gasteiger partial charge in [0, 0.05) is 24.1 Å². The molecule has 4 fully saturated rings. The maximum Gasteiger partial charge on any atom is 0.311 e. The molecule has 3 nitrogen and oxygen atoms in total. The first-order valence-electron chi connectivity index (χ1n) is 5.60. The fraction of sp³-hybridized carbons (Fsp3) is 0.909. The van der Waals surface area contributed by atoms with Crippen molar-refractivity contribution in [1.82, 2.24) is 5.32 Å². The molecule has 0 amide bonds. The minimum Gasteiger partial charge on any atom is -0.469 e. The topological polar surface area (TPSA) is 38.3 Å². The maximum atomic E-state index is 11.5. The van der Waals surface area contributed by atoms with Crippen LogP contribution < -0.4 is 5.32 Å². The smallest absolute Gasteiger partial charge is 0.311 e. The Morgan fingerprint density at radius 3 is 2.73 bits per heavy atom. The fourth-order valence-corrected chi connectivity index (χ4v) is 4.76. The van der Waals surface area contributed by atoms with E-state index >= 15 is 0 Å². The lowest BCUT2D eigenvalue weighted by molar-refractivity contribution is -0.233. The molecule has 3 aliphatic carbocycles. The second-order valence-corrected chi connectivity index (χ2v) is 6.40. The molecule has 0 aromatic heterocycles. The van der Waals surface area contributed by atoms with Crippen LogP contribution in [-0.4, -0.2) is 37.2 Å². The molecule has 0 radical (unpaired) electrons. The van der Waals surface area contributed by atoms with E-state index in [0.29, 0.717) is 11.5 Å². The zero-order valence-electron chi connectivity index (χ0n) is 9.04. The first-order chi connectivity index (χ1) is 7.21. The summed E-state index contributed by atoms with van der Waals surface area (Å²) in [5.74, 6) is 2.47. The molecule has 0 aromatic carbocycles. The van der Waals surface area contributed by atoms with Crippen LogP contribution in [0, 0.1) is 10.8 Å². The highest BCUT2D eigenvalue weighted by Crippen LogP contribution is 2.75. The normalized spacial score (nSPS) is 47.7. The van der Waals surface area contributed by atoms with Crippen LogP contribution in [0.15, 0.2) is 0 Å². The molecular formula is C11H17NO2S. The van der Waals surface area contributed by atoms with Crippen LogP contribution in [0.25, 0.3) is 0 Å². The summed E-state index contributed by atoms with van der Waals surface area (Å²) in [6.45, 7) is 1.13. The SMILES string of the molecule is COC(=O)C12CC(C3CSCCN3)(C1)C2. The summed E-state index contributed by atoms with van der Waals surface area (Å²) >= 11 is 2.04. The average Bonchev–Trinajstić information content (AvgIpc) is 2.15. The van der Waals surface area contributed by atoms with Crippen LogP contribution in [0.3, 0.4) is 0 Å². The van der Waals surface area contributed by atoms with Gasteiger partial charge in [0.15, 0.2) is 0 Å². The molecule has 15 heavy (non-hydrogen) atoms. The van der Waals surface area contributed by atoms with Gasteiger partial charge in [0.25, 0.3) is 0 Å². The van der Waals surface area contributed by atoms with E-state index in [4.69, 9.17) is 4.74 Å². The number of nitrogens with one attached hydrogen (secondary N) is 1. The number of methoxy groups -OCH3 is 1. The van der Waals surface area contributed by atoms with Crippen LogP contribution in [-0.2, 0) is 9.53 Å². The number of hydrogen-bond acceptors (Lipinski definition) is 4. The van der Waals surface area contributed by atoms with Crippen molar-refractivity contribution in [3.8, 4) is 0 Å². The van der Waals surface area contributed by atoms with Gasteiger partial charge in [0.2, 0.25) is 0 Å². The number of carbonyl (C=O) groups is 1. The molecule has 4 rings (SSSR count). The molecule has 1 atom stereocenters. The second kappa shape index (κ2) is 3.14. The summed E-state index contributed by atoms with van der Waals surface area (Å²) in [5, 5.41) is 3.60. The molecule has 1 N–H and O–H groups in total. The van der Waals surface area contributed by atoms with Crippen molar-refractivity contribution in [3.63, 3.8) is 0 Å². The van der Waals surface area contributed by atoms with Crippen LogP contribution in [0.2, 0.25) is 0 Å². The van der Waals surface area contributed by atoms with Gasteiger partial charge in [0.1, 0.15) is 0 Å². The van der Waals surface area contributed by atoms with E-state index in [1.807, 2.05) is 11.8 Å². The molecule has 0 spiro atoms. The monoisotopic (exact) mass is 227 g/mol. The Morgan fingerprint density at radius 2 is 2.20 bits per heavy atom. The lowest BCUT2D eigenvalue weighted by Crippen LogP contribution is -2.73. The van der Waals surface area contributed by atoms with Gasteiger partial charge in [-0.25, -0.2) is 0 Å². The standard InChI is InChI=1S/C11H17NO2S/c1-14-9(13)11-5-10(6-11,7-11)8-4-15-3-2-12-8/h8,12H,2-7H2,1H3. The number of thioether (sulfide) groups is 1. The molecule has 0 aromatic rings. The van der Waals surface area contributed by atoms with Crippen LogP contribution in [0.4, 0.5) is 0 Å². The van der Waals surface area contributed by atoms with Gasteiger partial charge >= 0.3 is 5.97 Å². The molecular weight excluding hydrogens is 210 g/mol. The predicted molar refractivity (Wildman–Crippen MR) is 59.8 cm³/mol. The second-order valence-electron chi connectivity index (χ2n) is 5.25.